The highest BCUT2D eigenvalue weighted by Gasteiger charge is 2.11. The van der Waals surface area contributed by atoms with Crippen molar-refractivity contribution in [2.75, 3.05) is 0 Å². The first-order valence-electron chi connectivity index (χ1n) is 8.56. The Kier molecular flexibility index (Phi) is 4.66. The quantitative estimate of drug-likeness (QED) is 0.476. The van der Waals surface area contributed by atoms with Crippen LogP contribution in [0, 0.1) is 12.7 Å². The summed E-state index contributed by atoms with van der Waals surface area (Å²) in [7, 11) is 0. The molecule has 0 spiro atoms. The van der Waals surface area contributed by atoms with Crippen LogP contribution in [0.25, 0.3) is 22.8 Å². The third-order valence-electron chi connectivity index (χ3n) is 4.10. The zero-order valence-electron chi connectivity index (χ0n) is 14.7. The van der Waals surface area contributed by atoms with Gasteiger partial charge in [-0.3, -0.25) is 0 Å². The molecule has 0 aliphatic rings. The number of halogens is 1. The maximum atomic E-state index is 13.3. The monoisotopic (exact) mass is 360 g/mol. The summed E-state index contributed by atoms with van der Waals surface area (Å²) in [4.78, 5) is 4.34. The van der Waals surface area contributed by atoms with Crippen LogP contribution in [0.5, 0.6) is 5.75 Å². The number of hydrogen-bond donors (Lipinski definition) is 0. The van der Waals surface area contributed by atoms with Crippen LogP contribution in [-0.2, 0) is 6.61 Å². The van der Waals surface area contributed by atoms with Crippen molar-refractivity contribution in [2.24, 2.45) is 0 Å². The molecule has 0 saturated heterocycles. The molecule has 5 heteroatoms. The SMILES string of the molecule is Cc1cccc(COc2ccc(-c3noc(-c4cccc(F)c4)n3)cc2)c1. The van der Waals surface area contributed by atoms with Crippen molar-refractivity contribution in [2.45, 2.75) is 13.5 Å². The molecule has 27 heavy (non-hydrogen) atoms. The molecule has 0 saturated carbocycles. The van der Waals surface area contributed by atoms with Gasteiger partial charge in [0.05, 0.1) is 0 Å². The first-order chi connectivity index (χ1) is 13.2. The average molecular weight is 360 g/mol. The highest BCUT2D eigenvalue weighted by atomic mass is 19.1. The van der Waals surface area contributed by atoms with E-state index in [9.17, 15) is 4.39 Å². The van der Waals surface area contributed by atoms with Crippen LogP contribution in [0.2, 0.25) is 0 Å². The Labute approximate surface area is 156 Å². The van der Waals surface area contributed by atoms with E-state index in [0.717, 1.165) is 16.9 Å². The molecule has 4 rings (SSSR count). The van der Waals surface area contributed by atoms with Crippen LogP contribution >= 0.6 is 0 Å². The van der Waals surface area contributed by atoms with E-state index in [1.807, 2.05) is 36.4 Å². The summed E-state index contributed by atoms with van der Waals surface area (Å²) < 4.78 is 24.4. The molecule has 0 radical (unpaired) electrons. The second-order valence-corrected chi connectivity index (χ2v) is 6.24. The fraction of sp³-hybridized carbons (Fsp3) is 0.0909. The number of hydrogen-bond acceptors (Lipinski definition) is 4. The van der Waals surface area contributed by atoms with Gasteiger partial charge in [-0.25, -0.2) is 4.39 Å². The topological polar surface area (TPSA) is 48.2 Å². The zero-order chi connectivity index (χ0) is 18.6. The maximum Gasteiger partial charge on any atom is 0.258 e. The van der Waals surface area contributed by atoms with Gasteiger partial charge in [-0.1, -0.05) is 41.1 Å². The van der Waals surface area contributed by atoms with Crippen LogP contribution in [0.1, 0.15) is 11.1 Å². The summed E-state index contributed by atoms with van der Waals surface area (Å²) in [6, 6.07) is 21.7. The molecule has 134 valence electrons. The molecule has 1 aromatic heterocycles. The molecular formula is C22H17FN2O2. The largest absolute Gasteiger partial charge is 0.489 e. The Morgan fingerprint density at radius 2 is 1.74 bits per heavy atom. The number of ether oxygens (including phenoxy) is 1. The summed E-state index contributed by atoms with van der Waals surface area (Å²) in [6.45, 7) is 2.56. The lowest BCUT2D eigenvalue weighted by molar-refractivity contribution is 0.306. The Morgan fingerprint density at radius 1 is 0.926 bits per heavy atom. The zero-order valence-corrected chi connectivity index (χ0v) is 14.7. The summed E-state index contributed by atoms with van der Waals surface area (Å²) in [5.41, 5.74) is 3.67. The summed E-state index contributed by atoms with van der Waals surface area (Å²) in [5, 5.41) is 3.98. The van der Waals surface area contributed by atoms with Crippen LogP contribution < -0.4 is 4.74 Å². The number of nitrogens with zero attached hydrogens (tertiary/aromatic N) is 2. The Hall–Kier alpha value is -3.47. The van der Waals surface area contributed by atoms with Gasteiger partial charge >= 0.3 is 0 Å². The van der Waals surface area contributed by atoms with Gasteiger partial charge in [0.2, 0.25) is 5.82 Å². The van der Waals surface area contributed by atoms with Crippen LogP contribution in [-0.4, -0.2) is 10.1 Å². The van der Waals surface area contributed by atoms with Crippen molar-refractivity contribution in [1.82, 2.24) is 10.1 Å². The standard InChI is InChI=1S/C22H17FN2O2/c1-15-4-2-5-16(12-15)14-26-20-10-8-17(9-11-20)21-24-22(27-25-21)18-6-3-7-19(23)13-18/h2-13H,14H2,1H3. The van der Waals surface area contributed by atoms with Crippen molar-refractivity contribution in [3.63, 3.8) is 0 Å². The highest BCUT2D eigenvalue weighted by molar-refractivity contribution is 5.60. The van der Waals surface area contributed by atoms with Gasteiger partial charge in [0.25, 0.3) is 5.89 Å². The predicted molar refractivity (Wildman–Crippen MR) is 101 cm³/mol. The number of benzene rings is 3. The van der Waals surface area contributed by atoms with E-state index in [2.05, 4.69) is 29.2 Å². The Balaban J connectivity index is 1.46. The molecular weight excluding hydrogens is 343 g/mol. The van der Waals surface area contributed by atoms with E-state index in [0.29, 0.717) is 18.0 Å². The molecule has 0 fully saturated rings. The van der Waals surface area contributed by atoms with Crippen molar-refractivity contribution in [3.05, 3.63) is 89.7 Å². The van der Waals surface area contributed by atoms with Gasteiger partial charge in [0.1, 0.15) is 18.2 Å². The molecule has 0 bridgehead atoms. The van der Waals surface area contributed by atoms with Gasteiger partial charge < -0.3 is 9.26 Å². The smallest absolute Gasteiger partial charge is 0.258 e. The molecule has 0 atom stereocenters. The predicted octanol–water partition coefficient (Wildman–Crippen LogP) is 5.43. The van der Waals surface area contributed by atoms with Crippen LogP contribution in [0.3, 0.4) is 0 Å². The highest BCUT2D eigenvalue weighted by Crippen LogP contribution is 2.24. The van der Waals surface area contributed by atoms with E-state index in [4.69, 9.17) is 9.26 Å². The molecule has 0 N–H and O–H groups in total. The van der Waals surface area contributed by atoms with E-state index in [-0.39, 0.29) is 11.7 Å². The summed E-state index contributed by atoms with van der Waals surface area (Å²) in [5.74, 6) is 1.14. The third kappa shape index (κ3) is 4.03. The number of rotatable bonds is 5. The molecule has 0 aliphatic carbocycles. The molecule has 1 heterocycles. The molecule has 0 aliphatic heterocycles. The average Bonchev–Trinajstić information content (AvgIpc) is 3.17. The normalized spacial score (nSPS) is 10.7. The fourth-order valence-electron chi connectivity index (χ4n) is 2.75. The van der Waals surface area contributed by atoms with Gasteiger partial charge in [0, 0.05) is 11.1 Å². The van der Waals surface area contributed by atoms with Crippen LogP contribution in [0.4, 0.5) is 4.39 Å². The summed E-state index contributed by atoms with van der Waals surface area (Å²) in [6.07, 6.45) is 0. The van der Waals surface area contributed by atoms with Crippen molar-refractivity contribution >= 4 is 0 Å². The lowest BCUT2D eigenvalue weighted by atomic mass is 10.1. The number of aryl methyl sites for hydroxylation is 1. The minimum Gasteiger partial charge on any atom is -0.489 e. The maximum absolute atomic E-state index is 13.3. The lowest BCUT2D eigenvalue weighted by Gasteiger charge is -2.07. The Morgan fingerprint density at radius 3 is 2.52 bits per heavy atom. The second-order valence-electron chi connectivity index (χ2n) is 6.24. The second kappa shape index (κ2) is 7.41. The first-order valence-corrected chi connectivity index (χ1v) is 8.56. The van der Waals surface area contributed by atoms with Crippen LogP contribution in [0.15, 0.2) is 77.3 Å². The fourth-order valence-corrected chi connectivity index (χ4v) is 2.75. The number of aromatic nitrogens is 2. The molecule has 3 aromatic carbocycles. The van der Waals surface area contributed by atoms with E-state index >= 15 is 0 Å². The molecule has 0 unspecified atom stereocenters. The molecule has 4 nitrogen and oxygen atoms in total. The van der Waals surface area contributed by atoms with Crippen molar-refractivity contribution < 1.29 is 13.7 Å². The van der Waals surface area contributed by atoms with Gasteiger partial charge in [-0.15, -0.1) is 0 Å². The minimum absolute atomic E-state index is 0.282. The van der Waals surface area contributed by atoms with Crippen molar-refractivity contribution in [3.8, 4) is 28.6 Å². The minimum atomic E-state index is -0.345. The first kappa shape index (κ1) is 17.0. The van der Waals surface area contributed by atoms with E-state index < -0.39 is 0 Å². The van der Waals surface area contributed by atoms with Gasteiger partial charge in [-0.05, 0) is 55.0 Å². The van der Waals surface area contributed by atoms with Gasteiger partial charge in [-0.2, -0.15) is 4.98 Å². The van der Waals surface area contributed by atoms with Crippen molar-refractivity contribution in [1.29, 1.82) is 0 Å². The molecule has 0 amide bonds. The Bertz CT molecular complexity index is 1060. The summed E-state index contributed by atoms with van der Waals surface area (Å²) >= 11 is 0. The van der Waals surface area contributed by atoms with E-state index in [1.54, 1.807) is 12.1 Å². The van der Waals surface area contributed by atoms with E-state index in [1.165, 1.54) is 17.7 Å². The molecule has 4 aromatic rings. The van der Waals surface area contributed by atoms with Gasteiger partial charge in [0.15, 0.2) is 0 Å². The third-order valence-corrected chi connectivity index (χ3v) is 4.10. The lowest BCUT2D eigenvalue weighted by Crippen LogP contribution is -1.95.